The monoisotopic (exact) mass is 390 g/mol. The zero-order valence-corrected chi connectivity index (χ0v) is 16.4. The van der Waals surface area contributed by atoms with E-state index in [0.29, 0.717) is 39.1 Å². The van der Waals surface area contributed by atoms with Gasteiger partial charge in [-0.2, -0.15) is 0 Å². The number of benzene rings is 1. The Kier molecular flexibility index (Phi) is 4.84. The van der Waals surface area contributed by atoms with E-state index in [4.69, 9.17) is 21.1 Å². The number of ether oxygens (including phenoxy) is 2. The number of hydrogen-bond acceptors (Lipinski definition) is 5. The van der Waals surface area contributed by atoms with E-state index < -0.39 is 11.2 Å². The molecule has 0 aliphatic carbocycles. The Morgan fingerprint density at radius 3 is 2.33 bits per heavy atom. The van der Waals surface area contributed by atoms with Crippen LogP contribution in [0.4, 0.5) is 0 Å². The predicted octanol–water partition coefficient (Wildman–Crippen LogP) is 1.81. The number of halogens is 1. The van der Waals surface area contributed by atoms with Gasteiger partial charge in [0.25, 0.3) is 5.56 Å². The van der Waals surface area contributed by atoms with E-state index in [1.807, 2.05) is 0 Å². The lowest BCUT2D eigenvalue weighted by molar-refractivity contribution is 0.355. The molecule has 0 saturated carbocycles. The van der Waals surface area contributed by atoms with E-state index in [-0.39, 0.29) is 0 Å². The fraction of sp³-hybridized carbons (Fsp3) is 0.278. The minimum atomic E-state index is -0.427. The Bertz CT molecular complexity index is 1190. The zero-order chi connectivity index (χ0) is 19.9. The molecule has 0 aliphatic heterocycles. The quantitative estimate of drug-likeness (QED) is 0.678. The molecule has 1 aromatic carbocycles. The third kappa shape index (κ3) is 2.91. The van der Waals surface area contributed by atoms with E-state index in [1.54, 1.807) is 42.9 Å². The van der Waals surface area contributed by atoms with Crippen LogP contribution in [-0.2, 0) is 21.1 Å². The van der Waals surface area contributed by atoms with Crippen LogP contribution >= 0.6 is 11.6 Å². The largest absolute Gasteiger partial charge is 0.493 e. The maximum Gasteiger partial charge on any atom is 0.332 e. The second-order valence-corrected chi connectivity index (χ2v) is 6.32. The number of aryl methyl sites for hydroxylation is 2. The highest BCUT2D eigenvalue weighted by molar-refractivity contribution is 6.34. The van der Waals surface area contributed by atoms with Crippen molar-refractivity contribution in [2.75, 3.05) is 14.2 Å². The van der Waals surface area contributed by atoms with Crippen LogP contribution in [0.1, 0.15) is 11.4 Å². The molecule has 8 nitrogen and oxygen atoms in total. The van der Waals surface area contributed by atoms with E-state index in [9.17, 15) is 9.59 Å². The van der Waals surface area contributed by atoms with E-state index in [2.05, 4.69) is 4.98 Å². The SMILES string of the molecule is COc1ccc(C=Cc2nc3c(c(=O)n(C)c(=O)n3C)n2C)c(Cl)c1OC. The fourth-order valence-corrected chi connectivity index (χ4v) is 3.18. The van der Waals surface area contributed by atoms with E-state index >= 15 is 0 Å². The summed E-state index contributed by atoms with van der Waals surface area (Å²) < 4.78 is 14.6. The molecule has 0 bridgehead atoms. The molecule has 2 heterocycles. The van der Waals surface area contributed by atoms with Crippen molar-refractivity contribution >= 4 is 34.9 Å². The zero-order valence-electron chi connectivity index (χ0n) is 15.6. The summed E-state index contributed by atoms with van der Waals surface area (Å²) in [7, 11) is 7.79. The van der Waals surface area contributed by atoms with Gasteiger partial charge in [0.2, 0.25) is 0 Å². The van der Waals surface area contributed by atoms with Crippen molar-refractivity contribution in [2.24, 2.45) is 21.1 Å². The highest BCUT2D eigenvalue weighted by Crippen LogP contribution is 2.37. The molecule has 142 valence electrons. The minimum Gasteiger partial charge on any atom is -0.493 e. The molecule has 0 aliphatic rings. The smallest absolute Gasteiger partial charge is 0.332 e. The number of aromatic nitrogens is 4. The summed E-state index contributed by atoms with van der Waals surface area (Å²) in [5.41, 5.74) is 0.542. The molecular weight excluding hydrogens is 372 g/mol. The molecule has 2 aromatic heterocycles. The fourth-order valence-electron chi connectivity index (χ4n) is 2.88. The molecule has 0 unspecified atom stereocenters. The summed E-state index contributed by atoms with van der Waals surface area (Å²) in [4.78, 5) is 28.9. The first kappa shape index (κ1) is 18.8. The van der Waals surface area contributed by atoms with Crippen LogP contribution in [0.3, 0.4) is 0 Å². The number of nitrogens with zero attached hydrogens (tertiary/aromatic N) is 4. The molecule has 0 saturated heterocycles. The van der Waals surface area contributed by atoms with E-state index in [0.717, 1.165) is 4.57 Å². The summed E-state index contributed by atoms with van der Waals surface area (Å²) >= 11 is 6.39. The maximum absolute atomic E-state index is 12.4. The number of fused-ring (bicyclic) bond motifs is 1. The highest BCUT2D eigenvalue weighted by Gasteiger charge is 2.16. The van der Waals surface area contributed by atoms with Crippen molar-refractivity contribution in [1.82, 2.24) is 18.7 Å². The first-order valence-electron chi connectivity index (χ1n) is 8.02. The summed E-state index contributed by atoms with van der Waals surface area (Å²) in [6.45, 7) is 0. The first-order valence-corrected chi connectivity index (χ1v) is 8.40. The van der Waals surface area contributed by atoms with Gasteiger partial charge in [0.15, 0.2) is 22.7 Å². The Balaban J connectivity index is 2.15. The molecule has 3 rings (SSSR count). The van der Waals surface area contributed by atoms with Gasteiger partial charge in [-0.15, -0.1) is 0 Å². The topological polar surface area (TPSA) is 80.3 Å². The predicted molar refractivity (Wildman–Crippen MR) is 105 cm³/mol. The van der Waals surface area contributed by atoms with E-state index in [1.165, 1.54) is 25.8 Å². The second-order valence-electron chi connectivity index (χ2n) is 5.94. The van der Waals surface area contributed by atoms with Crippen LogP contribution in [0.15, 0.2) is 21.7 Å². The first-order chi connectivity index (χ1) is 12.8. The van der Waals surface area contributed by atoms with Crippen LogP contribution < -0.4 is 20.7 Å². The van der Waals surface area contributed by atoms with Gasteiger partial charge in [0, 0.05) is 21.1 Å². The normalized spacial score (nSPS) is 11.5. The number of methoxy groups -OCH3 is 2. The highest BCUT2D eigenvalue weighted by atomic mass is 35.5. The molecule has 0 atom stereocenters. The van der Waals surface area contributed by atoms with Crippen molar-refractivity contribution in [3.8, 4) is 11.5 Å². The third-order valence-corrected chi connectivity index (χ3v) is 4.83. The molecule has 27 heavy (non-hydrogen) atoms. The molecule has 0 N–H and O–H groups in total. The molecule has 0 radical (unpaired) electrons. The summed E-state index contributed by atoms with van der Waals surface area (Å²) in [6, 6.07) is 3.54. The van der Waals surface area contributed by atoms with Crippen LogP contribution in [0, 0.1) is 0 Å². The number of hydrogen-bond donors (Lipinski definition) is 0. The molecule has 0 fully saturated rings. The Morgan fingerprint density at radius 1 is 1.00 bits per heavy atom. The molecule has 0 amide bonds. The summed E-state index contributed by atoms with van der Waals surface area (Å²) in [5, 5.41) is 0.398. The summed E-state index contributed by atoms with van der Waals surface area (Å²) in [6.07, 6.45) is 3.48. The van der Waals surface area contributed by atoms with Crippen molar-refractivity contribution < 1.29 is 9.47 Å². The minimum absolute atomic E-state index is 0.323. The third-order valence-electron chi connectivity index (χ3n) is 4.44. The van der Waals surface area contributed by atoms with Crippen LogP contribution in [0.5, 0.6) is 11.5 Å². The van der Waals surface area contributed by atoms with Crippen LogP contribution in [-0.4, -0.2) is 32.9 Å². The van der Waals surface area contributed by atoms with Gasteiger partial charge < -0.3 is 14.0 Å². The molecule has 3 aromatic rings. The van der Waals surface area contributed by atoms with Gasteiger partial charge in [-0.25, -0.2) is 9.78 Å². The number of imidazole rings is 1. The lowest BCUT2D eigenvalue weighted by atomic mass is 10.2. The standard InChI is InChI=1S/C18H19ClN4O4/c1-21-12(20-16-14(21)17(24)23(3)18(25)22(16)2)9-7-10-6-8-11(26-4)15(27-5)13(10)19/h6-9H,1-5H3. The van der Waals surface area contributed by atoms with Gasteiger partial charge in [-0.3, -0.25) is 13.9 Å². The molecular formula is C18H19ClN4O4. The molecule has 0 spiro atoms. The van der Waals surface area contributed by atoms with Crippen LogP contribution in [0.25, 0.3) is 23.3 Å². The van der Waals surface area contributed by atoms with Gasteiger partial charge in [-0.1, -0.05) is 11.6 Å². The van der Waals surface area contributed by atoms with Gasteiger partial charge in [0.1, 0.15) is 5.82 Å². The Labute approximate surface area is 159 Å². The van der Waals surface area contributed by atoms with Gasteiger partial charge in [0.05, 0.1) is 19.2 Å². The maximum atomic E-state index is 12.4. The Hall–Kier alpha value is -3.00. The average molecular weight is 391 g/mol. The lowest BCUT2D eigenvalue weighted by Gasteiger charge is -2.10. The number of rotatable bonds is 4. The molecule has 9 heteroatoms. The van der Waals surface area contributed by atoms with Gasteiger partial charge in [-0.05, 0) is 29.8 Å². The second kappa shape index (κ2) is 6.96. The lowest BCUT2D eigenvalue weighted by Crippen LogP contribution is -2.37. The van der Waals surface area contributed by atoms with Crippen LogP contribution in [0.2, 0.25) is 5.02 Å². The van der Waals surface area contributed by atoms with Crippen molar-refractivity contribution in [3.63, 3.8) is 0 Å². The average Bonchev–Trinajstić information content (AvgIpc) is 3.00. The van der Waals surface area contributed by atoms with Crippen molar-refractivity contribution in [3.05, 3.63) is 49.4 Å². The van der Waals surface area contributed by atoms with Crippen molar-refractivity contribution in [2.45, 2.75) is 0 Å². The van der Waals surface area contributed by atoms with Crippen molar-refractivity contribution in [1.29, 1.82) is 0 Å². The summed E-state index contributed by atoms with van der Waals surface area (Å²) in [5.74, 6) is 1.47. The Morgan fingerprint density at radius 2 is 1.70 bits per heavy atom. The van der Waals surface area contributed by atoms with Gasteiger partial charge >= 0.3 is 5.69 Å².